The lowest BCUT2D eigenvalue weighted by Crippen LogP contribution is -2.29. The van der Waals surface area contributed by atoms with Crippen LogP contribution in [-0.2, 0) is 0 Å². The molecule has 0 radical (unpaired) electrons. The molecule has 0 aromatic heterocycles. The fourth-order valence-corrected chi connectivity index (χ4v) is 1.80. The Bertz CT molecular complexity index is 456. The molecule has 80 valence electrons. The SMILES string of the molecule is S=C(S)N(CC1=C=CC=C1)CC1=C=CC=C1. The van der Waals surface area contributed by atoms with Crippen molar-refractivity contribution in [2.75, 3.05) is 13.1 Å². The van der Waals surface area contributed by atoms with Gasteiger partial charge >= 0.3 is 0 Å². The predicted octanol–water partition coefficient (Wildman–Crippen LogP) is 2.81. The first-order valence-corrected chi connectivity index (χ1v) is 5.83. The number of hydrogen-bond donors (Lipinski definition) is 1. The summed E-state index contributed by atoms with van der Waals surface area (Å²) in [5.41, 5.74) is 8.57. The van der Waals surface area contributed by atoms with Crippen molar-refractivity contribution < 1.29 is 0 Å². The monoisotopic (exact) mass is 245 g/mol. The number of hydrogen-bond acceptors (Lipinski definition) is 1. The van der Waals surface area contributed by atoms with E-state index in [1.807, 2.05) is 41.4 Å². The van der Waals surface area contributed by atoms with Crippen molar-refractivity contribution in [2.45, 2.75) is 0 Å². The maximum Gasteiger partial charge on any atom is 0.133 e. The smallest absolute Gasteiger partial charge is 0.133 e. The first kappa shape index (κ1) is 11.3. The Morgan fingerprint density at radius 3 is 1.94 bits per heavy atom. The van der Waals surface area contributed by atoms with Crippen molar-refractivity contribution in [2.24, 2.45) is 0 Å². The van der Waals surface area contributed by atoms with Gasteiger partial charge in [-0.3, -0.25) is 0 Å². The number of allylic oxidation sites excluding steroid dienone is 2. The van der Waals surface area contributed by atoms with E-state index in [0.29, 0.717) is 4.32 Å². The topological polar surface area (TPSA) is 3.24 Å². The molecule has 2 rings (SSSR count). The van der Waals surface area contributed by atoms with Gasteiger partial charge in [-0.1, -0.05) is 24.4 Å². The molecular weight excluding hydrogens is 234 g/mol. The standard InChI is InChI=1S/C13H11NS2/c15-13(16)14(9-11-5-1-2-6-11)10-12-7-3-4-8-12/h1-5,7H,9-10H2,(H,15,16). The Labute approximate surface area is 106 Å². The van der Waals surface area contributed by atoms with E-state index < -0.39 is 0 Å². The molecule has 16 heavy (non-hydrogen) atoms. The Balaban J connectivity index is 2.03. The van der Waals surface area contributed by atoms with Crippen molar-refractivity contribution in [1.82, 2.24) is 4.90 Å². The molecular formula is C13H11NS2. The highest BCUT2D eigenvalue weighted by Gasteiger charge is 2.10. The summed E-state index contributed by atoms with van der Waals surface area (Å²) < 4.78 is 0.601. The predicted molar refractivity (Wildman–Crippen MR) is 74.6 cm³/mol. The third-order valence-corrected chi connectivity index (χ3v) is 2.86. The summed E-state index contributed by atoms with van der Waals surface area (Å²) in [5, 5.41) is 0. The van der Waals surface area contributed by atoms with Crippen LogP contribution in [0.1, 0.15) is 0 Å². The van der Waals surface area contributed by atoms with E-state index in [0.717, 1.165) is 24.2 Å². The van der Waals surface area contributed by atoms with E-state index in [-0.39, 0.29) is 0 Å². The molecule has 0 amide bonds. The first-order chi connectivity index (χ1) is 7.75. The second kappa shape index (κ2) is 5.20. The van der Waals surface area contributed by atoms with E-state index in [1.165, 1.54) is 0 Å². The Kier molecular flexibility index (Phi) is 3.66. The van der Waals surface area contributed by atoms with Gasteiger partial charge in [-0.2, -0.15) is 0 Å². The maximum atomic E-state index is 5.13. The lowest BCUT2D eigenvalue weighted by Gasteiger charge is -2.21. The second-order valence-electron chi connectivity index (χ2n) is 3.53. The van der Waals surface area contributed by atoms with Gasteiger partial charge in [0.2, 0.25) is 0 Å². The van der Waals surface area contributed by atoms with Crippen LogP contribution in [-0.4, -0.2) is 22.3 Å². The molecule has 0 N–H and O–H groups in total. The highest BCUT2D eigenvalue weighted by molar-refractivity contribution is 8.10. The zero-order chi connectivity index (χ0) is 11.4. The molecule has 0 saturated heterocycles. The third kappa shape index (κ3) is 2.88. The highest BCUT2D eigenvalue weighted by Crippen LogP contribution is 2.11. The molecule has 0 aromatic rings. The third-order valence-electron chi connectivity index (χ3n) is 2.32. The average molecular weight is 245 g/mol. The van der Waals surface area contributed by atoms with Crippen LogP contribution in [0.25, 0.3) is 0 Å². The summed E-state index contributed by atoms with van der Waals surface area (Å²) in [6.07, 6.45) is 11.8. The van der Waals surface area contributed by atoms with Gasteiger partial charge in [0.1, 0.15) is 4.32 Å². The van der Waals surface area contributed by atoms with Gasteiger partial charge < -0.3 is 4.90 Å². The molecule has 0 aromatic carbocycles. The van der Waals surface area contributed by atoms with Crippen LogP contribution in [0.3, 0.4) is 0 Å². The quantitative estimate of drug-likeness (QED) is 0.461. The van der Waals surface area contributed by atoms with Crippen LogP contribution in [0.2, 0.25) is 0 Å². The second-order valence-corrected chi connectivity index (χ2v) is 4.64. The summed E-state index contributed by atoms with van der Waals surface area (Å²) in [6, 6.07) is 0. The lowest BCUT2D eigenvalue weighted by molar-refractivity contribution is 0.516. The minimum absolute atomic E-state index is 0.601. The highest BCUT2D eigenvalue weighted by atomic mass is 32.1. The van der Waals surface area contributed by atoms with Crippen molar-refractivity contribution in [3.63, 3.8) is 0 Å². The van der Waals surface area contributed by atoms with E-state index in [2.05, 4.69) is 24.1 Å². The molecule has 0 fully saturated rings. The summed E-state index contributed by atoms with van der Waals surface area (Å²) in [5.74, 6) is 0. The number of thiocarbonyl (C=S) groups is 1. The Morgan fingerprint density at radius 1 is 1.12 bits per heavy atom. The van der Waals surface area contributed by atoms with E-state index in [4.69, 9.17) is 12.2 Å². The first-order valence-electron chi connectivity index (χ1n) is 4.98. The number of thiol groups is 1. The normalized spacial score (nSPS) is 15.6. The summed E-state index contributed by atoms with van der Waals surface area (Å²) in [7, 11) is 0. The van der Waals surface area contributed by atoms with Crippen LogP contribution in [0.5, 0.6) is 0 Å². The van der Waals surface area contributed by atoms with Crippen LogP contribution < -0.4 is 0 Å². The van der Waals surface area contributed by atoms with Crippen LogP contribution >= 0.6 is 24.8 Å². The Morgan fingerprint density at radius 2 is 1.62 bits per heavy atom. The van der Waals surface area contributed by atoms with Crippen molar-refractivity contribution in [3.8, 4) is 0 Å². The zero-order valence-electron chi connectivity index (χ0n) is 8.68. The van der Waals surface area contributed by atoms with Gasteiger partial charge in [0.15, 0.2) is 0 Å². The maximum absolute atomic E-state index is 5.13. The Hall–Kier alpha value is -1.24. The van der Waals surface area contributed by atoms with Crippen LogP contribution in [0.15, 0.2) is 59.1 Å². The van der Waals surface area contributed by atoms with Crippen LogP contribution in [0, 0.1) is 0 Å². The summed E-state index contributed by atoms with van der Waals surface area (Å²) in [4.78, 5) is 2.02. The molecule has 1 nitrogen and oxygen atoms in total. The van der Waals surface area contributed by atoms with Gasteiger partial charge in [-0.25, -0.2) is 0 Å². The fraction of sp³-hybridized carbons (Fsp3) is 0.154. The molecule has 2 aliphatic rings. The minimum Gasteiger partial charge on any atom is -0.348 e. The van der Waals surface area contributed by atoms with Crippen LogP contribution in [0.4, 0.5) is 0 Å². The number of rotatable bonds is 4. The molecule has 0 aliphatic heterocycles. The molecule has 0 bridgehead atoms. The largest absolute Gasteiger partial charge is 0.348 e. The molecule has 0 atom stereocenters. The molecule has 0 heterocycles. The van der Waals surface area contributed by atoms with E-state index in [9.17, 15) is 0 Å². The fourth-order valence-electron chi connectivity index (χ4n) is 1.53. The summed E-state index contributed by atoms with van der Waals surface area (Å²) in [6.45, 7) is 1.49. The minimum atomic E-state index is 0.601. The van der Waals surface area contributed by atoms with E-state index >= 15 is 0 Å². The lowest BCUT2D eigenvalue weighted by atomic mass is 10.2. The molecule has 2 aliphatic carbocycles. The zero-order valence-corrected chi connectivity index (χ0v) is 10.4. The van der Waals surface area contributed by atoms with Gasteiger partial charge in [0.05, 0.1) is 13.1 Å². The molecule has 3 heteroatoms. The van der Waals surface area contributed by atoms with Crippen molar-refractivity contribution >= 4 is 29.2 Å². The van der Waals surface area contributed by atoms with Crippen molar-refractivity contribution in [1.29, 1.82) is 0 Å². The number of nitrogens with zero attached hydrogens (tertiary/aromatic N) is 1. The average Bonchev–Trinajstić information content (AvgIpc) is 2.88. The van der Waals surface area contributed by atoms with Crippen molar-refractivity contribution in [3.05, 3.63) is 59.1 Å². The molecule has 0 spiro atoms. The van der Waals surface area contributed by atoms with Gasteiger partial charge in [-0.05, 0) is 24.3 Å². The molecule has 0 saturated carbocycles. The van der Waals surface area contributed by atoms with Gasteiger partial charge in [0, 0.05) is 11.1 Å². The van der Waals surface area contributed by atoms with Gasteiger partial charge in [-0.15, -0.1) is 24.1 Å². The van der Waals surface area contributed by atoms with Gasteiger partial charge in [0.25, 0.3) is 0 Å². The van der Waals surface area contributed by atoms with E-state index in [1.54, 1.807) is 0 Å². The summed E-state index contributed by atoms with van der Waals surface area (Å²) >= 11 is 9.37. The molecule has 0 unspecified atom stereocenters.